The fourth-order valence-electron chi connectivity index (χ4n) is 1.85. The number of hydrogen-bond donors (Lipinski definition) is 1. The molecule has 0 aliphatic carbocycles. The highest BCUT2D eigenvalue weighted by Crippen LogP contribution is 2.20. The van der Waals surface area contributed by atoms with Gasteiger partial charge < -0.3 is 19.5 Å². The quantitative estimate of drug-likeness (QED) is 0.804. The lowest BCUT2D eigenvalue weighted by molar-refractivity contribution is -0.147. The van der Waals surface area contributed by atoms with Crippen LogP contribution in [0.5, 0.6) is 0 Å². The van der Waals surface area contributed by atoms with Crippen molar-refractivity contribution in [2.45, 2.75) is 12.5 Å². The number of rotatable bonds is 6. The zero-order valence-corrected chi connectivity index (χ0v) is 12.4. The van der Waals surface area contributed by atoms with E-state index in [9.17, 15) is 14.0 Å². The second-order valence-electron chi connectivity index (χ2n) is 4.57. The summed E-state index contributed by atoms with van der Waals surface area (Å²) in [5.74, 6) is -2.08. The molecule has 6 nitrogen and oxygen atoms in total. The first kappa shape index (κ1) is 16.9. The minimum atomic E-state index is -1.18. The lowest BCUT2D eigenvalue weighted by Crippen LogP contribution is -2.48. The molecule has 0 aliphatic rings. The van der Waals surface area contributed by atoms with Crippen molar-refractivity contribution in [3.05, 3.63) is 29.6 Å². The van der Waals surface area contributed by atoms with Crippen molar-refractivity contribution in [3.63, 3.8) is 0 Å². The second kappa shape index (κ2) is 7.03. The Morgan fingerprint density at radius 3 is 2.38 bits per heavy atom. The fraction of sp³-hybridized carbons (Fsp3) is 0.429. The molecule has 0 bridgehead atoms. The number of benzene rings is 1. The Morgan fingerprint density at radius 2 is 1.90 bits per heavy atom. The van der Waals surface area contributed by atoms with Gasteiger partial charge in [0.05, 0.1) is 26.4 Å². The van der Waals surface area contributed by atoms with Crippen molar-refractivity contribution >= 4 is 17.6 Å². The highest BCUT2D eigenvalue weighted by atomic mass is 19.1. The van der Waals surface area contributed by atoms with Gasteiger partial charge in [0.2, 0.25) is 0 Å². The summed E-state index contributed by atoms with van der Waals surface area (Å²) in [5, 5.41) is 2.84. The predicted molar refractivity (Wildman–Crippen MR) is 73.7 cm³/mol. The monoisotopic (exact) mass is 299 g/mol. The van der Waals surface area contributed by atoms with E-state index in [0.717, 1.165) is 6.07 Å². The number of methoxy groups -OCH3 is 3. The van der Waals surface area contributed by atoms with Crippen LogP contribution in [0.1, 0.15) is 17.3 Å². The van der Waals surface area contributed by atoms with Gasteiger partial charge in [0.25, 0.3) is 0 Å². The van der Waals surface area contributed by atoms with Gasteiger partial charge in [-0.3, -0.25) is 0 Å². The van der Waals surface area contributed by atoms with E-state index in [2.05, 4.69) is 10.1 Å². The number of carbonyl (C=O) groups is 2. The van der Waals surface area contributed by atoms with Crippen molar-refractivity contribution in [2.75, 3.05) is 33.3 Å². The third-order valence-electron chi connectivity index (χ3n) is 2.86. The van der Waals surface area contributed by atoms with Crippen LogP contribution in [0.4, 0.5) is 10.1 Å². The van der Waals surface area contributed by atoms with Crippen LogP contribution >= 0.6 is 0 Å². The van der Waals surface area contributed by atoms with E-state index in [1.807, 2.05) is 0 Å². The van der Waals surface area contributed by atoms with Crippen molar-refractivity contribution < 1.29 is 28.2 Å². The predicted octanol–water partition coefficient (Wildman–Crippen LogP) is 1.60. The summed E-state index contributed by atoms with van der Waals surface area (Å²) in [5.41, 5.74) is -1.05. The van der Waals surface area contributed by atoms with E-state index >= 15 is 0 Å². The Hall–Kier alpha value is -2.15. The van der Waals surface area contributed by atoms with Gasteiger partial charge in [0, 0.05) is 12.8 Å². The van der Waals surface area contributed by atoms with E-state index in [4.69, 9.17) is 9.47 Å². The maximum Gasteiger partial charge on any atom is 0.340 e. The van der Waals surface area contributed by atoms with Crippen molar-refractivity contribution in [1.29, 1.82) is 0 Å². The number of esters is 2. The molecule has 0 saturated carbocycles. The molecule has 0 heterocycles. The van der Waals surface area contributed by atoms with E-state index in [1.165, 1.54) is 33.5 Å². The molecule has 1 N–H and O–H groups in total. The maximum absolute atomic E-state index is 13.8. The lowest BCUT2D eigenvalue weighted by atomic mass is 10.0. The summed E-state index contributed by atoms with van der Waals surface area (Å²) in [6.45, 7) is 1.59. The van der Waals surface area contributed by atoms with Crippen LogP contribution < -0.4 is 5.32 Å². The number of ether oxygens (including phenoxy) is 3. The molecule has 1 rings (SSSR count). The number of halogens is 1. The lowest BCUT2D eigenvalue weighted by Gasteiger charge is -2.28. The summed E-state index contributed by atoms with van der Waals surface area (Å²) in [7, 11) is 3.85. The zero-order valence-electron chi connectivity index (χ0n) is 12.4. The topological polar surface area (TPSA) is 73.9 Å². The van der Waals surface area contributed by atoms with Gasteiger partial charge in [0.1, 0.15) is 5.82 Å². The van der Waals surface area contributed by atoms with Crippen LogP contribution in [0.2, 0.25) is 0 Å². The van der Waals surface area contributed by atoms with Gasteiger partial charge in [-0.15, -0.1) is 0 Å². The van der Waals surface area contributed by atoms with Gasteiger partial charge in [-0.1, -0.05) is 0 Å². The molecular formula is C14H18FNO5. The Labute approximate surface area is 122 Å². The highest BCUT2D eigenvalue weighted by molar-refractivity contribution is 5.90. The molecule has 0 spiro atoms. The first-order valence-corrected chi connectivity index (χ1v) is 6.11. The fourth-order valence-corrected chi connectivity index (χ4v) is 1.85. The molecule has 0 fully saturated rings. The Morgan fingerprint density at radius 1 is 1.24 bits per heavy atom. The molecule has 1 aromatic rings. The third kappa shape index (κ3) is 3.91. The molecule has 1 atom stereocenters. The van der Waals surface area contributed by atoms with Crippen molar-refractivity contribution in [2.24, 2.45) is 0 Å². The number of anilines is 1. The third-order valence-corrected chi connectivity index (χ3v) is 2.86. The van der Waals surface area contributed by atoms with Crippen LogP contribution in [0.3, 0.4) is 0 Å². The van der Waals surface area contributed by atoms with Crippen molar-refractivity contribution in [1.82, 2.24) is 0 Å². The molecule has 0 aliphatic heterocycles. The summed E-state index contributed by atoms with van der Waals surface area (Å²) < 4.78 is 28.0. The minimum absolute atomic E-state index is 0.0278. The molecule has 7 heteroatoms. The van der Waals surface area contributed by atoms with Crippen LogP contribution in [0.15, 0.2) is 18.2 Å². The van der Waals surface area contributed by atoms with Gasteiger partial charge >= 0.3 is 11.9 Å². The standard InChI is InChI=1S/C14H18FNO5/c1-14(8-19-2,13(18)21-4)16-9-5-6-10(11(15)7-9)12(17)20-3/h5-7,16H,8H2,1-4H3/t14-/m1/s1. The first-order valence-electron chi connectivity index (χ1n) is 6.11. The molecular weight excluding hydrogens is 281 g/mol. The number of nitrogens with one attached hydrogen (secondary N) is 1. The van der Waals surface area contributed by atoms with Crippen LogP contribution in [0.25, 0.3) is 0 Å². The van der Waals surface area contributed by atoms with Crippen molar-refractivity contribution in [3.8, 4) is 0 Å². The maximum atomic E-state index is 13.8. The average Bonchev–Trinajstić information content (AvgIpc) is 2.45. The molecule has 0 amide bonds. The second-order valence-corrected chi connectivity index (χ2v) is 4.57. The first-order chi connectivity index (χ1) is 9.87. The Bertz CT molecular complexity index is 534. The number of carbonyl (C=O) groups excluding carboxylic acids is 2. The molecule has 21 heavy (non-hydrogen) atoms. The summed E-state index contributed by atoms with van der Waals surface area (Å²) >= 11 is 0. The summed E-state index contributed by atoms with van der Waals surface area (Å²) in [6.07, 6.45) is 0. The summed E-state index contributed by atoms with van der Waals surface area (Å²) in [4.78, 5) is 23.1. The van der Waals surface area contributed by atoms with E-state index in [0.29, 0.717) is 5.69 Å². The molecule has 0 unspecified atom stereocenters. The van der Waals surface area contributed by atoms with E-state index < -0.39 is 23.3 Å². The van der Waals surface area contributed by atoms with E-state index in [1.54, 1.807) is 6.92 Å². The van der Waals surface area contributed by atoms with Crippen LogP contribution in [0, 0.1) is 5.82 Å². The van der Waals surface area contributed by atoms with Gasteiger partial charge in [-0.05, 0) is 25.1 Å². The van der Waals surface area contributed by atoms with Gasteiger partial charge in [-0.2, -0.15) is 0 Å². The molecule has 116 valence electrons. The smallest absolute Gasteiger partial charge is 0.340 e. The Kier molecular flexibility index (Phi) is 5.66. The largest absolute Gasteiger partial charge is 0.467 e. The molecule has 0 aromatic heterocycles. The summed E-state index contributed by atoms with van der Waals surface area (Å²) in [6, 6.07) is 3.84. The van der Waals surface area contributed by atoms with Crippen LogP contribution in [-0.2, 0) is 19.0 Å². The SMILES string of the molecule is COC[C@@](C)(Nc1ccc(C(=O)OC)c(F)c1)C(=O)OC. The van der Waals surface area contributed by atoms with Crippen LogP contribution in [-0.4, -0.2) is 45.4 Å². The van der Waals surface area contributed by atoms with Gasteiger partial charge in [0.15, 0.2) is 5.54 Å². The molecule has 0 radical (unpaired) electrons. The average molecular weight is 299 g/mol. The minimum Gasteiger partial charge on any atom is -0.467 e. The molecule has 0 saturated heterocycles. The number of hydrogen-bond acceptors (Lipinski definition) is 6. The highest BCUT2D eigenvalue weighted by Gasteiger charge is 2.34. The van der Waals surface area contributed by atoms with Gasteiger partial charge in [-0.25, -0.2) is 14.0 Å². The normalized spacial score (nSPS) is 13.2. The molecule has 1 aromatic carbocycles. The van der Waals surface area contributed by atoms with E-state index in [-0.39, 0.29) is 12.2 Å². The Balaban J connectivity index is 3.03. The zero-order chi connectivity index (χ0) is 16.0.